The minimum absolute atomic E-state index is 0.444. The lowest BCUT2D eigenvalue weighted by Gasteiger charge is -2.05. The summed E-state index contributed by atoms with van der Waals surface area (Å²) in [5.41, 5.74) is 4.51. The van der Waals surface area contributed by atoms with Crippen LogP contribution in [0.4, 0.5) is 0 Å². The predicted molar refractivity (Wildman–Crippen MR) is 68.8 cm³/mol. The maximum absolute atomic E-state index is 11.4. The van der Waals surface area contributed by atoms with Gasteiger partial charge in [-0.05, 0) is 44.9 Å². The molecule has 0 saturated carbocycles. The van der Waals surface area contributed by atoms with Gasteiger partial charge in [0.15, 0.2) is 0 Å². The van der Waals surface area contributed by atoms with Crippen LogP contribution in [0.5, 0.6) is 0 Å². The van der Waals surface area contributed by atoms with E-state index >= 15 is 0 Å². The fourth-order valence-electron chi connectivity index (χ4n) is 2.65. The number of hydrogen-bond donors (Lipinski definition) is 1. The van der Waals surface area contributed by atoms with E-state index in [2.05, 4.69) is 10.6 Å². The molecule has 0 atom stereocenters. The summed E-state index contributed by atoms with van der Waals surface area (Å²) in [6, 6.07) is 4.10. The van der Waals surface area contributed by atoms with Crippen LogP contribution in [-0.4, -0.2) is 15.6 Å². The van der Waals surface area contributed by atoms with Crippen LogP contribution in [0, 0.1) is 20.8 Å². The molecule has 2 rings (SSSR count). The quantitative estimate of drug-likeness (QED) is 0.861. The SMILES string of the molecule is CCn1c(C)c(C(=O)O)c2c(C)cc(C)cc21. The monoisotopic (exact) mass is 231 g/mol. The van der Waals surface area contributed by atoms with Gasteiger partial charge in [0.2, 0.25) is 0 Å². The molecular formula is C14H17NO2. The van der Waals surface area contributed by atoms with E-state index in [1.165, 1.54) is 5.56 Å². The lowest BCUT2D eigenvalue weighted by atomic mass is 10.0. The lowest BCUT2D eigenvalue weighted by molar-refractivity contribution is 0.0698. The molecule has 0 bridgehead atoms. The van der Waals surface area contributed by atoms with Crippen molar-refractivity contribution >= 4 is 16.9 Å². The molecule has 0 aliphatic carbocycles. The molecule has 1 aromatic heterocycles. The second-order valence-electron chi connectivity index (χ2n) is 4.49. The summed E-state index contributed by atoms with van der Waals surface area (Å²) in [7, 11) is 0. The Balaban J connectivity index is 3.00. The zero-order chi connectivity index (χ0) is 12.7. The number of carbonyl (C=O) groups is 1. The smallest absolute Gasteiger partial charge is 0.338 e. The van der Waals surface area contributed by atoms with Gasteiger partial charge in [-0.25, -0.2) is 4.79 Å². The summed E-state index contributed by atoms with van der Waals surface area (Å²) in [5, 5.41) is 10.2. The van der Waals surface area contributed by atoms with Crippen molar-refractivity contribution in [1.29, 1.82) is 0 Å². The van der Waals surface area contributed by atoms with Crippen molar-refractivity contribution in [3.05, 3.63) is 34.5 Å². The number of carboxylic acid groups (broad SMARTS) is 1. The van der Waals surface area contributed by atoms with Gasteiger partial charge < -0.3 is 9.67 Å². The van der Waals surface area contributed by atoms with Crippen molar-refractivity contribution in [2.45, 2.75) is 34.2 Å². The average molecular weight is 231 g/mol. The molecule has 0 radical (unpaired) electrons. The molecule has 1 N–H and O–H groups in total. The second kappa shape index (κ2) is 3.91. The summed E-state index contributed by atoms with van der Waals surface area (Å²) in [6.07, 6.45) is 0. The Labute approximate surface area is 101 Å². The highest BCUT2D eigenvalue weighted by Crippen LogP contribution is 2.29. The van der Waals surface area contributed by atoms with E-state index in [1.807, 2.05) is 33.8 Å². The fraction of sp³-hybridized carbons (Fsp3) is 0.357. The number of aromatic nitrogens is 1. The van der Waals surface area contributed by atoms with Crippen LogP contribution in [0.2, 0.25) is 0 Å². The van der Waals surface area contributed by atoms with Gasteiger partial charge in [-0.1, -0.05) is 6.07 Å². The normalized spacial score (nSPS) is 11.1. The van der Waals surface area contributed by atoms with E-state index in [1.54, 1.807) is 0 Å². The highest BCUT2D eigenvalue weighted by atomic mass is 16.4. The summed E-state index contributed by atoms with van der Waals surface area (Å²) in [5.74, 6) is -0.841. The first-order chi connectivity index (χ1) is 7.97. The van der Waals surface area contributed by atoms with Crippen molar-refractivity contribution in [3.8, 4) is 0 Å². The average Bonchev–Trinajstić information content (AvgIpc) is 2.50. The number of aromatic carboxylic acids is 1. The molecule has 3 heteroatoms. The third-order valence-electron chi connectivity index (χ3n) is 3.30. The van der Waals surface area contributed by atoms with Crippen LogP contribution < -0.4 is 0 Å². The van der Waals surface area contributed by atoms with Gasteiger partial charge in [0.1, 0.15) is 0 Å². The first-order valence-corrected chi connectivity index (χ1v) is 5.80. The predicted octanol–water partition coefficient (Wildman–Crippen LogP) is 3.28. The number of fused-ring (bicyclic) bond motifs is 1. The van der Waals surface area contributed by atoms with Crippen LogP contribution in [0.25, 0.3) is 10.9 Å². The van der Waals surface area contributed by atoms with Gasteiger partial charge in [-0.15, -0.1) is 0 Å². The highest BCUT2D eigenvalue weighted by Gasteiger charge is 2.20. The Morgan fingerprint density at radius 1 is 1.29 bits per heavy atom. The fourth-order valence-corrected chi connectivity index (χ4v) is 2.65. The molecular weight excluding hydrogens is 214 g/mol. The van der Waals surface area contributed by atoms with E-state index in [9.17, 15) is 9.90 Å². The largest absolute Gasteiger partial charge is 0.478 e. The minimum atomic E-state index is -0.841. The van der Waals surface area contributed by atoms with Gasteiger partial charge in [0, 0.05) is 23.1 Å². The van der Waals surface area contributed by atoms with Crippen molar-refractivity contribution in [1.82, 2.24) is 4.57 Å². The third-order valence-corrected chi connectivity index (χ3v) is 3.30. The molecule has 0 aliphatic heterocycles. The first kappa shape index (κ1) is 11.7. The summed E-state index contributed by atoms with van der Waals surface area (Å²) < 4.78 is 2.07. The van der Waals surface area contributed by atoms with Crippen molar-refractivity contribution in [2.24, 2.45) is 0 Å². The first-order valence-electron chi connectivity index (χ1n) is 5.80. The molecule has 2 aromatic rings. The van der Waals surface area contributed by atoms with Crippen LogP contribution in [0.3, 0.4) is 0 Å². The van der Waals surface area contributed by atoms with Crippen molar-refractivity contribution in [3.63, 3.8) is 0 Å². The summed E-state index contributed by atoms with van der Waals surface area (Å²) in [4.78, 5) is 11.4. The van der Waals surface area contributed by atoms with E-state index < -0.39 is 5.97 Å². The minimum Gasteiger partial charge on any atom is -0.478 e. The molecule has 0 amide bonds. The maximum atomic E-state index is 11.4. The number of rotatable bonds is 2. The lowest BCUT2D eigenvalue weighted by Crippen LogP contribution is -2.01. The molecule has 0 fully saturated rings. The van der Waals surface area contributed by atoms with Crippen LogP contribution in [-0.2, 0) is 6.54 Å². The van der Waals surface area contributed by atoms with Crippen molar-refractivity contribution < 1.29 is 9.90 Å². The molecule has 3 nitrogen and oxygen atoms in total. The maximum Gasteiger partial charge on any atom is 0.338 e. The van der Waals surface area contributed by atoms with E-state index in [0.29, 0.717) is 5.56 Å². The number of benzene rings is 1. The highest BCUT2D eigenvalue weighted by molar-refractivity contribution is 6.06. The van der Waals surface area contributed by atoms with Crippen LogP contribution in [0.15, 0.2) is 12.1 Å². The summed E-state index contributed by atoms with van der Waals surface area (Å²) >= 11 is 0. The molecule has 17 heavy (non-hydrogen) atoms. The Kier molecular flexibility index (Phi) is 2.69. The number of nitrogens with zero attached hydrogens (tertiary/aromatic N) is 1. The Hall–Kier alpha value is -1.77. The number of hydrogen-bond acceptors (Lipinski definition) is 1. The van der Waals surface area contributed by atoms with Crippen LogP contribution >= 0.6 is 0 Å². The zero-order valence-electron chi connectivity index (χ0n) is 10.7. The molecule has 1 aromatic carbocycles. The van der Waals surface area contributed by atoms with Gasteiger partial charge in [-0.3, -0.25) is 0 Å². The second-order valence-corrected chi connectivity index (χ2v) is 4.49. The van der Waals surface area contributed by atoms with Gasteiger partial charge in [0.05, 0.1) is 5.56 Å². The Morgan fingerprint density at radius 2 is 1.94 bits per heavy atom. The molecule has 0 saturated heterocycles. The van der Waals surface area contributed by atoms with E-state index in [4.69, 9.17) is 0 Å². The van der Waals surface area contributed by atoms with E-state index in [0.717, 1.165) is 28.7 Å². The number of carboxylic acids is 1. The van der Waals surface area contributed by atoms with E-state index in [-0.39, 0.29) is 0 Å². The van der Waals surface area contributed by atoms with Crippen LogP contribution in [0.1, 0.15) is 34.1 Å². The molecule has 1 heterocycles. The molecule has 0 unspecified atom stereocenters. The standard InChI is InChI=1S/C14H17NO2/c1-5-15-10(4)13(14(16)17)12-9(3)6-8(2)7-11(12)15/h6-7H,5H2,1-4H3,(H,16,17). The Bertz CT molecular complexity index is 608. The third kappa shape index (κ3) is 1.62. The number of aryl methyl sites for hydroxylation is 3. The zero-order valence-corrected chi connectivity index (χ0v) is 10.7. The topological polar surface area (TPSA) is 42.2 Å². The Morgan fingerprint density at radius 3 is 2.47 bits per heavy atom. The molecule has 0 spiro atoms. The molecule has 0 aliphatic rings. The molecule has 90 valence electrons. The summed E-state index contributed by atoms with van der Waals surface area (Å²) in [6.45, 7) is 8.71. The van der Waals surface area contributed by atoms with Crippen molar-refractivity contribution in [2.75, 3.05) is 0 Å². The van der Waals surface area contributed by atoms with Gasteiger partial charge in [0.25, 0.3) is 0 Å². The van der Waals surface area contributed by atoms with Gasteiger partial charge in [-0.2, -0.15) is 0 Å². The van der Waals surface area contributed by atoms with Gasteiger partial charge >= 0.3 is 5.97 Å².